The molecular formula is C26H27Cl3N4O5S2. The van der Waals surface area contributed by atoms with Crippen molar-refractivity contribution in [2.45, 2.75) is 11.1 Å². The molecule has 0 aliphatic carbocycles. The first kappa shape index (κ1) is 33.1. The minimum absolute atomic E-state index is 0. The second-order valence-electron chi connectivity index (χ2n) is 8.68. The number of halogens is 3. The topological polar surface area (TPSA) is 120 Å². The van der Waals surface area contributed by atoms with Crippen molar-refractivity contribution in [1.82, 2.24) is 4.98 Å². The Bertz CT molecular complexity index is 1590. The van der Waals surface area contributed by atoms with Crippen molar-refractivity contribution >= 4 is 98.4 Å². The lowest BCUT2D eigenvalue weighted by atomic mass is 10.1. The number of piperazine rings is 1. The Morgan fingerprint density at radius 2 is 1.57 bits per heavy atom. The fraction of sp³-hybridized carbons (Fsp3) is 0.192. The molecule has 0 amide bonds. The molecule has 2 N–H and O–H groups in total. The largest absolute Gasteiger partial charge is 0.478 e. The maximum atomic E-state index is 12.6. The summed E-state index contributed by atoms with van der Waals surface area (Å²) in [4.78, 5) is 32.6. The molecule has 40 heavy (non-hydrogen) atoms. The number of pyridine rings is 1. The first-order valence-electron chi connectivity index (χ1n) is 11.6. The van der Waals surface area contributed by atoms with Crippen LogP contribution in [0.25, 0.3) is 10.9 Å². The maximum absolute atomic E-state index is 12.6. The van der Waals surface area contributed by atoms with Crippen molar-refractivity contribution in [3.63, 3.8) is 0 Å². The second-order valence-corrected chi connectivity index (χ2v) is 11.5. The predicted octanol–water partition coefficient (Wildman–Crippen LogP) is 5.59. The van der Waals surface area contributed by atoms with Gasteiger partial charge in [-0.1, -0.05) is 6.07 Å². The molecule has 2 aromatic carbocycles. The number of carboxylic acid groups (broad SMARTS) is 1. The van der Waals surface area contributed by atoms with Gasteiger partial charge < -0.3 is 14.9 Å². The zero-order chi connectivity index (χ0) is 26.2. The summed E-state index contributed by atoms with van der Waals surface area (Å²) in [5.41, 5.74) is 2.49. The highest BCUT2D eigenvalue weighted by atomic mass is 35.5. The van der Waals surface area contributed by atoms with Gasteiger partial charge in [-0.15, -0.1) is 48.6 Å². The molecule has 1 aliphatic heterocycles. The summed E-state index contributed by atoms with van der Waals surface area (Å²) in [6.07, 6.45) is 0. The smallest absolute Gasteiger partial charge is 0.336 e. The van der Waals surface area contributed by atoms with Crippen LogP contribution in [0.4, 0.5) is 17.2 Å². The number of rotatable bonds is 7. The first-order valence-corrected chi connectivity index (χ1v) is 13.9. The van der Waals surface area contributed by atoms with Crippen LogP contribution in [0.2, 0.25) is 0 Å². The zero-order valence-corrected chi connectivity index (χ0v) is 25.2. The molecule has 0 atom stereocenters. The number of aromatic carboxylic acids is 1. The lowest BCUT2D eigenvalue weighted by Crippen LogP contribution is -2.46. The van der Waals surface area contributed by atoms with Crippen molar-refractivity contribution in [2.75, 3.05) is 40.7 Å². The highest BCUT2D eigenvalue weighted by molar-refractivity contribution is 7.94. The Hall–Kier alpha value is -3.09. The molecule has 0 bridgehead atoms. The van der Waals surface area contributed by atoms with E-state index in [0.29, 0.717) is 48.5 Å². The van der Waals surface area contributed by atoms with Gasteiger partial charge >= 0.3 is 5.97 Å². The summed E-state index contributed by atoms with van der Waals surface area (Å²) in [5.74, 6) is -0.528. The number of aromatic nitrogens is 1. The monoisotopic (exact) mass is 644 g/mol. The number of fused-ring (bicyclic) bond motifs is 1. The number of thiophene rings is 1. The SMILES string of the molecule is CC(=O)c1ccc(N2CCN(c3cc(C(=O)O)c4cc(NS(=O)(=O)c5cccs5)ccc4n3)CC2)cc1.Cl.Cl.Cl. The number of nitrogens with one attached hydrogen (secondary N) is 1. The standard InChI is InChI=1S/C26H24N4O5S2.3ClH/c1-17(31)18-4-7-20(8-5-18)29-10-12-30(13-11-29)24-16-22(26(32)33)21-15-19(6-9-23(21)27-24)28-37(34,35)25-3-2-14-36-25;;;/h2-9,14-16,28H,10-13H2,1H3,(H,32,33);3*1H. The number of Topliss-reactive ketones (excluding diaryl/α,β-unsaturated/α-hetero) is 1. The van der Waals surface area contributed by atoms with Gasteiger partial charge in [0.05, 0.1) is 11.1 Å². The van der Waals surface area contributed by atoms with Gasteiger partial charge in [0, 0.05) is 48.5 Å². The highest BCUT2D eigenvalue weighted by Crippen LogP contribution is 2.29. The number of benzene rings is 2. The Labute approximate surface area is 254 Å². The van der Waals surface area contributed by atoms with Gasteiger partial charge in [-0.3, -0.25) is 9.52 Å². The summed E-state index contributed by atoms with van der Waals surface area (Å²) in [5, 5.41) is 11.9. The minimum atomic E-state index is -3.76. The number of carbonyl (C=O) groups excluding carboxylic acids is 1. The number of hydrogen-bond acceptors (Lipinski definition) is 8. The van der Waals surface area contributed by atoms with Crippen molar-refractivity contribution in [1.29, 1.82) is 0 Å². The van der Waals surface area contributed by atoms with Crippen LogP contribution in [0.1, 0.15) is 27.6 Å². The lowest BCUT2D eigenvalue weighted by Gasteiger charge is -2.37. The molecule has 0 spiro atoms. The summed E-state index contributed by atoms with van der Waals surface area (Å²) in [6.45, 7) is 4.26. The summed E-state index contributed by atoms with van der Waals surface area (Å²) >= 11 is 1.10. The van der Waals surface area contributed by atoms with Crippen LogP contribution in [-0.2, 0) is 10.0 Å². The van der Waals surface area contributed by atoms with Gasteiger partial charge in [-0.05, 0) is 66.9 Å². The third-order valence-electron chi connectivity index (χ3n) is 6.28. The van der Waals surface area contributed by atoms with Crippen molar-refractivity contribution < 1.29 is 23.1 Å². The van der Waals surface area contributed by atoms with Crippen LogP contribution in [-0.4, -0.2) is 56.4 Å². The lowest BCUT2D eigenvalue weighted by molar-refractivity contribution is 0.0698. The van der Waals surface area contributed by atoms with E-state index in [-0.39, 0.29) is 58.5 Å². The van der Waals surface area contributed by atoms with Crippen LogP contribution >= 0.6 is 48.6 Å². The Morgan fingerprint density at radius 1 is 0.925 bits per heavy atom. The average molecular weight is 646 g/mol. The van der Waals surface area contributed by atoms with Gasteiger partial charge in [0.2, 0.25) is 0 Å². The number of hydrogen-bond donors (Lipinski definition) is 2. The molecule has 9 nitrogen and oxygen atoms in total. The van der Waals surface area contributed by atoms with E-state index in [1.165, 1.54) is 12.1 Å². The van der Waals surface area contributed by atoms with Gasteiger partial charge in [0.25, 0.3) is 10.0 Å². The third kappa shape index (κ3) is 6.97. The average Bonchev–Trinajstić information content (AvgIpc) is 3.44. The maximum Gasteiger partial charge on any atom is 0.336 e. The predicted molar refractivity (Wildman–Crippen MR) is 166 cm³/mol. The molecule has 0 radical (unpaired) electrons. The van der Waals surface area contributed by atoms with Gasteiger partial charge in [0.1, 0.15) is 10.0 Å². The summed E-state index contributed by atoms with van der Waals surface area (Å²) in [7, 11) is -3.76. The fourth-order valence-electron chi connectivity index (χ4n) is 4.34. The van der Waals surface area contributed by atoms with E-state index >= 15 is 0 Å². The van der Waals surface area contributed by atoms with E-state index in [0.717, 1.165) is 17.0 Å². The van der Waals surface area contributed by atoms with Crippen LogP contribution in [0.5, 0.6) is 0 Å². The molecule has 5 rings (SSSR count). The van der Waals surface area contributed by atoms with Crippen LogP contribution in [0.15, 0.2) is 70.3 Å². The molecule has 0 unspecified atom stereocenters. The molecule has 4 aromatic rings. The number of anilines is 3. The van der Waals surface area contributed by atoms with Gasteiger partial charge in [0.15, 0.2) is 5.78 Å². The molecule has 3 heterocycles. The van der Waals surface area contributed by atoms with E-state index in [9.17, 15) is 23.1 Å². The van der Waals surface area contributed by atoms with Crippen LogP contribution in [0, 0.1) is 0 Å². The normalized spacial score (nSPS) is 13.0. The number of nitrogens with zero attached hydrogens (tertiary/aromatic N) is 3. The zero-order valence-electron chi connectivity index (χ0n) is 21.1. The van der Waals surface area contributed by atoms with Crippen molar-refractivity contribution in [3.8, 4) is 0 Å². The van der Waals surface area contributed by atoms with Crippen LogP contribution in [0.3, 0.4) is 0 Å². The third-order valence-corrected chi connectivity index (χ3v) is 9.06. The number of carboxylic acids is 1. The van der Waals surface area contributed by atoms with E-state index in [1.807, 2.05) is 29.2 Å². The Kier molecular flexibility index (Phi) is 11.2. The molecule has 1 fully saturated rings. The minimum Gasteiger partial charge on any atom is -0.478 e. The fourth-order valence-corrected chi connectivity index (χ4v) is 6.38. The molecule has 0 saturated carbocycles. The highest BCUT2D eigenvalue weighted by Gasteiger charge is 2.22. The van der Waals surface area contributed by atoms with Crippen molar-refractivity contribution in [2.24, 2.45) is 0 Å². The first-order chi connectivity index (χ1) is 17.7. The van der Waals surface area contributed by atoms with Crippen LogP contribution < -0.4 is 14.5 Å². The number of ketones is 1. The molecule has 14 heteroatoms. The number of sulfonamides is 1. The quantitative estimate of drug-likeness (QED) is 0.250. The summed E-state index contributed by atoms with van der Waals surface area (Å²) in [6, 6.07) is 16.9. The summed E-state index contributed by atoms with van der Waals surface area (Å²) < 4.78 is 27.9. The molecule has 2 aromatic heterocycles. The molecular weight excluding hydrogens is 619 g/mol. The van der Waals surface area contributed by atoms with Gasteiger partial charge in [-0.2, -0.15) is 0 Å². The Morgan fingerprint density at radius 3 is 2.15 bits per heavy atom. The Balaban J connectivity index is 0.00000187. The van der Waals surface area contributed by atoms with E-state index in [1.54, 1.807) is 36.6 Å². The molecule has 1 saturated heterocycles. The van der Waals surface area contributed by atoms with E-state index in [2.05, 4.69) is 14.6 Å². The van der Waals surface area contributed by atoms with Crippen molar-refractivity contribution in [3.05, 3.63) is 77.2 Å². The van der Waals surface area contributed by atoms with E-state index in [4.69, 9.17) is 0 Å². The molecule has 1 aliphatic rings. The molecule has 214 valence electrons. The van der Waals surface area contributed by atoms with E-state index < -0.39 is 16.0 Å². The second kappa shape index (κ2) is 13.5. The number of carbonyl (C=O) groups is 2. The van der Waals surface area contributed by atoms with Gasteiger partial charge in [-0.25, -0.2) is 18.2 Å².